The summed E-state index contributed by atoms with van der Waals surface area (Å²) in [5.74, 6) is 0.842. The van der Waals surface area contributed by atoms with Crippen molar-refractivity contribution in [2.75, 3.05) is 5.32 Å². The summed E-state index contributed by atoms with van der Waals surface area (Å²) in [6.45, 7) is 2.11. The van der Waals surface area contributed by atoms with E-state index in [0.717, 1.165) is 23.3 Å². The van der Waals surface area contributed by atoms with Crippen molar-refractivity contribution in [1.29, 1.82) is 0 Å². The monoisotopic (exact) mass is 253 g/mol. The Balaban J connectivity index is 1.94. The van der Waals surface area contributed by atoms with E-state index in [4.69, 9.17) is 0 Å². The average Bonchev–Trinajstić information content (AvgIpc) is 2.90. The Kier molecular flexibility index (Phi) is 3.10. The van der Waals surface area contributed by atoms with Gasteiger partial charge in [0.1, 0.15) is 17.5 Å². The van der Waals surface area contributed by atoms with Crippen LogP contribution in [0.4, 0.5) is 5.82 Å². The molecule has 0 bridgehead atoms. The number of para-hydroxylation sites is 1. The van der Waals surface area contributed by atoms with Gasteiger partial charge in [0.05, 0.1) is 5.52 Å². The number of aromatic nitrogens is 4. The lowest BCUT2D eigenvalue weighted by atomic mass is 10.3. The molecule has 0 saturated carbocycles. The van der Waals surface area contributed by atoms with E-state index in [-0.39, 0.29) is 6.17 Å². The van der Waals surface area contributed by atoms with Crippen molar-refractivity contribution in [3.8, 4) is 0 Å². The summed E-state index contributed by atoms with van der Waals surface area (Å²) in [7, 11) is 0. The number of hydrogen-bond donors (Lipinski definition) is 1. The molecule has 1 atom stereocenters. The molecule has 5 heteroatoms. The quantitative estimate of drug-likeness (QED) is 0.776. The maximum Gasteiger partial charge on any atom is 0.127 e. The van der Waals surface area contributed by atoms with Gasteiger partial charge in [-0.15, -0.1) is 5.10 Å². The minimum atomic E-state index is 0.0438. The number of nitrogens with one attached hydrogen (secondary N) is 1. The van der Waals surface area contributed by atoms with Crippen LogP contribution in [0.15, 0.2) is 48.7 Å². The molecular formula is C14H15N5. The Morgan fingerprint density at radius 1 is 1.16 bits per heavy atom. The van der Waals surface area contributed by atoms with Gasteiger partial charge in [-0.3, -0.25) is 0 Å². The summed E-state index contributed by atoms with van der Waals surface area (Å²) in [6, 6.07) is 13.8. The first-order valence-corrected chi connectivity index (χ1v) is 6.36. The molecule has 3 aromatic rings. The van der Waals surface area contributed by atoms with Gasteiger partial charge in [-0.1, -0.05) is 30.3 Å². The summed E-state index contributed by atoms with van der Waals surface area (Å²) in [5, 5.41) is 11.8. The normalized spacial score (nSPS) is 12.5. The molecule has 0 aliphatic carbocycles. The average molecular weight is 253 g/mol. The number of fused-ring (bicyclic) bond motifs is 1. The lowest BCUT2D eigenvalue weighted by Crippen LogP contribution is -2.19. The van der Waals surface area contributed by atoms with Gasteiger partial charge in [-0.05, 0) is 30.7 Å². The highest BCUT2D eigenvalue weighted by Gasteiger charge is 2.13. The van der Waals surface area contributed by atoms with Crippen molar-refractivity contribution in [2.45, 2.75) is 19.5 Å². The zero-order valence-corrected chi connectivity index (χ0v) is 10.7. The van der Waals surface area contributed by atoms with Crippen molar-refractivity contribution < 1.29 is 0 Å². The second-order valence-corrected chi connectivity index (χ2v) is 4.31. The second kappa shape index (κ2) is 5.06. The van der Waals surface area contributed by atoms with Crippen LogP contribution < -0.4 is 5.32 Å². The Morgan fingerprint density at radius 2 is 2.00 bits per heavy atom. The van der Waals surface area contributed by atoms with Gasteiger partial charge in [-0.25, -0.2) is 9.67 Å². The first kappa shape index (κ1) is 11.6. The fourth-order valence-corrected chi connectivity index (χ4v) is 2.07. The number of nitrogens with zero attached hydrogens (tertiary/aromatic N) is 4. The summed E-state index contributed by atoms with van der Waals surface area (Å²) in [5.41, 5.74) is 1.93. The molecule has 0 aliphatic heterocycles. The first-order chi connectivity index (χ1) is 9.38. The van der Waals surface area contributed by atoms with Crippen LogP contribution in [0.2, 0.25) is 0 Å². The van der Waals surface area contributed by atoms with Gasteiger partial charge in [0, 0.05) is 6.20 Å². The van der Waals surface area contributed by atoms with Gasteiger partial charge < -0.3 is 5.32 Å². The lowest BCUT2D eigenvalue weighted by molar-refractivity contribution is 0.488. The van der Waals surface area contributed by atoms with Crippen LogP contribution in [0.1, 0.15) is 19.5 Å². The van der Waals surface area contributed by atoms with Crippen LogP contribution >= 0.6 is 0 Å². The largest absolute Gasteiger partial charge is 0.348 e. The topological polar surface area (TPSA) is 55.6 Å². The molecule has 19 heavy (non-hydrogen) atoms. The molecule has 0 amide bonds. The maximum absolute atomic E-state index is 4.28. The third kappa shape index (κ3) is 2.27. The van der Waals surface area contributed by atoms with E-state index in [1.165, 1.54) is 0 Å². The molecule has 0 spiro atoms. The van der Waals surface area contributed by atoms with Crippen LogP contribution in [0.25, 0.3) is 11.0 Å². The van der Waals surface area contributed by atoms with Gasteiger partial charge in [0.25, 0.3) is 0 Å². The summed E-state index contributed by atoms with van der Waals surface area (Å²) >= 11 is 0. The van der Waals surface area contributed by atoms with Gasteiger partial charge in [0.2, 0.25) is 0 Å². The predicted octanol–water partition coefficient (Wildman–Crippen LogP) is 2.85. The van der Waals surface area contributed by atoms with Crippen LogP contribution in [0.5, 0.6) is 0 Å². The van der Waals surface area contributed by atoms with Crippen molar-refractivity contribution >= 4 is 16.9 Å². The first-order valence-electron chi connectivity index (χ1n) is 6.36. The maximum atomic E-state index is 4.28. The molecular weight excluding hydrogens is 238 g/mol. The Labute approximate surface area is 111 Å². The minimum Gasteiger partial charge on any atom is -0.348 e. The number of benzene rings is 1. The number of rotatable bonds is 4. The van der Waals surface area contributed by atoms with Crippen molar-refractivity contribution in [3.05, 3.63) is 48.7 Å². The Bertz CT molecular complexity index is 662. The molecule has 3 rings (SSSR count). The molecule has 0 fully saturated rings. The summed E-state index contributed by atoms with van der Waals surface area (Å²) < 4.78 is 1.91. The van der Waals surface area contributed by atoms with Gasteiger partial charge in [-0.2, -0.15) is 0 Å². The fourth-order valence-electron chi connectivity index (χ4n) is 2.07. The molecule has 1 aromatic carbocycles. The summed E-state index contributed by atoms with van der Waals surface area (Å²) in [6.07, 6.45) is 2.71. The molecule has 0 aliphatic rings. The molecule has 0 unspecified atom stereocenters. The van der Waals surface area contributed by atoms with Crippen molar-refractivity contribution in [2.24, 2.45) is 0 Å². The molecule has 0 saturated heterocycles. The SMILES string of the molecule is CC[C@@H](Nc1ccccn1)n1nnc2ccccc21. The molecule has 2 aromatic heterocycles. The van der Waals surface area contributed by atoms with E-state index < -0.39 is 0 Å². The van der Waals surface area contributed by atoms with E-state index in [0.29, 0.717) is 0 Å². The fraction of sp³-hybridized carbons (Fsp3) is 0.214. The Morgan fingerprint density at radius 3 is 2.79 bits per heavy atom. The van der Waals surface area contributed by atoms with Gasteiger partial charge in [0.15, 0.2) is 0 Å². The molecule has 5 nitrogen and oxygen atoms in total. The van der Waals surface area contributed by atoms with Crippen molar-refractivity contribution in [3.63, 3.8) is 0 Å². The molecule has 0 radical (unpaired) electrons. The third-order valence-corrected chi connectivity index (χ3v) is 3.04. The Hall–Kier alpha value is -2.43. The smallest absolute Gasteiger partial charge is 0.127 e. The van der Waals surface area contributed by atoms with Crippen LogP contribution in [0, 0.1) is 0 Å². The van der Waals surface area contributed by atoms with Crippen LogP contribution in [-0.4, -0.2) is 20.0 Å². The van der Waals surface area contributed by atoms with Crippen molar-refractivity contribution in [1.82, 2.24) is 20.0 Å². The third-order valence-electron chi connectivity index (χ3n) is 3.04. The standard InChI is InChI=1S/C14H15N5/c1-2-14(16-13-9-5-6-10-15-13)19-12-8-4-3-7-11(12)17-18-19/h3-10,14H,2H2,1H3,(H,15,16)/t14-/m0/s1. The molecule has 2 heterocycles. The predicted molar refractivity (Wildman–Crippen MR) is 74.7 cm³/mol. The van der Waals surface area contributed by atoms with Gasteiger partial charge >= 0.3 is 0 Å². The number of pyridine rings is 1. The van der Waals surface area contributed by atoms with E-state index in [9.17, 15) is 0 Å². The summed E-state index contributed by atoms with van der Waals surface area (Å²) in [4.78, 5) is 4.28. The van der Waals surface area contributed by atoms with E-state index in [1.54, 1.807) is 6.20 Å². The highest BCUT2D eigenvalue weighted by atomic mass is 15.5. The molecule has 1 N–H and O–H groups in total. The number of hydrogen-bond acceptors (Lipinski definition) is 4. The van der Waals surface area contributed by atoms with E-state index >= 15 is 0 Å². The molecule has 96 valence electrons. The second-order valence-electron chi connectivity index (χ2n) is 4.31. The van der Waals surface area contributed by atoms with Crippen LogP contribution in [-0.2, 0) is 0 Å². The number of anilines is 1. The lowest BCUT2D eigenvalue weighted by Gasteiger charge is -2.18. The zero-order chi connectivity index (χ0) is 13.1. The highest BCUT2D eigenvalue weighted by Crippen LogP contribution is 2.19. The minimum absolute atomic E-state index is 0.0438. The highest BCUT2D eigenvalue weighted by molar-refractivity contribution is 5.74. The van der Waals surface area contributed by atoms with E-state index in [1.807, 2.05) is 47.1 Å². The van der Waals surface area contributed by atoms with Crippen LogP contribution in [0.3, 0.4) is 0 Å². The zero-order valence-electron chi connectivity index (χ0n) is 10.7. The van der Waals surface area contributed by atoms with E-state index in [2.05, 4.69) is 27.5 Å².